The van der Waals surface area contributed by atoms with E-state index in [1.807, 2.05) is 0 Å². The highest BCUT2D eigenvalue weighted by molar-refractivity contribution is 5.78. The summed E-state index contributed by atoms with van der Waals surface area (Å²) >= 11 is 0. The highest BCUT2D eigenvalue weighted by Crippen LogP contribution is 2.28. The van der Waals surface area contributed by atoms with Gasteiger partial charge in [0.2, 0.25) is 0 Å². The lowest BCUT2D eigenvalue weighted by Crippen LogP contribution is -2.29. The minimum atomic E-state index is -3.73. The Morgan fingerprint density at radius 2 is 2.19 bits per heavy atom. The molecule has 0 spiro atoms. The van der Waals surface area contributed by atoms with E-state index in [1.165, 1.54) is 20.1 Å². The van der Waals surface area contributed by atoms with Gasteiger partial charge in [0.05, 0.1) is 19.9 Å². The molecule has 1 rings (SSSR count). The molecule has 0 aliphatic rings. The molecule has 0 bridgehead atoms. The second kappa shape index (κ2) is 4.87. The number of carbonyl (C=O) groups is 1. The zero-order chi connectivity index (χ0) is 12.2. The molecule has 0 saturated carbocycles. The molecule has 6 heteroatoms. The van der Waals surface area contributed by atoms with Crippen LogP contribution < -0.4 is 4.74 Å². The first kappa shape index (κ1) is 12.4. The minimum Gasteiger partial charge on any atom is -0.495 e. The standard InChI is InChI=1S/C10H11F2NO3/c1-3-16-9(14)10(11,12)8-5-4-7(15-2)6-13-8/h4-6H,3H2,1-2H3. The number of carbonyl (C=O) groups excluding carboxylic acids is 1. The second-order valence-corrected chi connectivity index (χ2v) is 2.88. The quantitative estimate of drug-likeness (QED) is 0.740. The van der Waals surface area contributed by atoms with Crippen molar-refractivity contribution >= 4 is 5.97 Å². The number of esters is 1. The van der Waals surface area contributed by atoms with E-state index in [2.05, 4.69) is 9.72 Å². The highest BCUT2D eigenvalue weighted by Gasteiger charge is 2.44. The summed E-state index contributed by atoms with van der Waals surface area (Å²) in [5, 5.41) is 0. The van der Waals surface area contributed by atoms with Gasteiger partial charge in [-0.1, -0.05) is 0 Å². The highest BCUT2D eigenvalue weighted by atomic mass is 19.3. The van der Waals surface area contributed by atoms with Crippen molar-refractivity contribution in [3.63, 3.8) is 0 Å². The zero-order valence-corrected chi connectivity index (χ0v) is 8.87. The monoisotopic (exact) mass is 231 g/mol. The number of rotatable bonds is 4. The predicted octanol–water partition coefficient (Wildman–Crippen LogP) is 1.75. The first-order chi connectivity index (χ1) is 7.52. The fourth-order valence-corrected chi connectivity index (χ4v) is 1.01. The molecule has 0 saturated heterocycles. The summed E-state index contributed by atoms with van der Waals surface area (Å²) in [5.74, 6) is -5.00. The summed E-state index contributed by atoms with van der Waals surface area (Å²) < 4.78 is 35.8. The predicted molar refractivity (Wildman–Crippen MR) is 51.3 cm³/mol. The van der Waals surface area contributed by atoms with Crippen LogP contribution in [0, 0.1) is 0 Å². The third-order valence-corrected chi connectivity index (χ3v) is 1.83. The smallest absolute Gasteiger partial charge is 0.384 e. The molecule has 16 heavy (non-hydrogen) atoms. The van der Waals surface area contributed by atoms with Gasteiger partial charge in [-0.15, -0.1) is 0 Å². The number of alkyl halides is 2. The Morgan fingerprint density at radius 3 is 2.62 bits per heavy atom. The van der Waals surface area contributed by atoms with E-state index in [4.69, 9.17) is 4.74 Å². The Labute approximate surface area is 91.2 Å². The number of halogens is 2. The molecule has 1 aromatic heterocycles. The van der Waals surface area contributed by atoms with Crippen LogP contribution in [0.15, 0.2) is 18.3 Å². The molecule has 0 amide bonds. The van der Waals surface area contributed by atoms with Crippen molar-refractivity contribution in [2.24, 2.45) is 0 Å². The van der Waals surface area contributed by atoms with Crippen molar-refractivity contribution in [2.75, 3.05) is 13.7 Å². The van der Waals surface area contributed by atoms with E-state index in [-0.39, 0.29) is 6.61 Å². The molecular formula is C10H11F2NO3. The Bertz CT molecular complexity index is 365. The Kier molecular flexibility index (Phi) is 3.76. The first-order valence-electron chi connectivity index (χ1n) is 4.58. The number of hydrogen-bond acceptors (Lipinski definition) is 4. The number of ether oxygens (including phenoxy) is 2. The van der Waals surface area contributed by atoms with Crippen molar-refractivity contribution in [1.29, 1.82) is 0 Å². The molecule has 0 unspecified atom stereocenters. The summed E-state index contributed by atoms with van der Waals surface area (Å²) in [6.45, 7) is 1.35. The van der Waals surface area contributed by atoms with Crippen LogP contribution >= 0.6 is 0 Å². The van der Waals surface area contributed by atoms with E-state index in [0.717, 1.165) is 12.3 Å². The molecule has 88 valence electrons. The first-order valence-corrected chi connectivity index (χ1v) is 4.58. The number of pyridine rings is 1. The van der Waals surface area contributed by atoms with E-state index in [9.17, 15) is 13.6 Å². The molecule has 0 fully saturated rings. The zero-order valence-electron chi connectivity index (χ0n) is 8.87. The van der Waals surface area contributed by atoms with Crippen LogP contribution in [-0.4, -0.2) is 24.7 Å². The van der Waals surface area contributed by atoms with E-state index >= 15 is 0 Å². The largest absolute Gasteiger partial charge is 0.495 e. The van der Waals surface area contributed by atoms with Gasteiger partial charge in [-0.2, -0.15) is 8.78 Å². The van der Waals surface area contributed by atoms with E-state index < -0.39 is 17.6 Å². The Morgan fingerprint density at radius 1 is 1.50 bits per heavy atom. The Balaban J connectivity index is 2.93. The molecule has 1 aromatic rings. The summed E-state index contributed by atoms with van der Waals surface area (Å²) in [6.07, 6.45) is 1.11. The lowest BCUT2D eigenvalue weighted by molar-refractivity contribution is -0.173. The number of aromatic nitrogens is 1. The normalized spacial score (nSPS) is 11.0. The molecule has 0 aliphatic carbocycles. The molecule has 0 aliphatic heterocycles. The van der Waals surface area contributed by atoms with Crippen molar-refractivity contribution in [3.05, 3.63) is 24.0 Å². The van der Waals surface area contributed by atoms with Crippen LogP contribution in [0.25, 0.3) is 0 Å². The number of methoxy groups -OCH3 is 1. The average Bonchev–Trinajstić information content (AvgIpc) is 2.29. The van der Waals surface area contributed by atoms with Gasteiger partial charge in [0.25, 0.3) is 0 Å². The third-order valence-electron chi connectivity index (χ3n) is 1.83. The number of hydrogen-bond donors (Lipinski definition) is 0. The van der Waals surface area contributed by atoms with Gasteiger partial charge in [-0.3, -0.25) is 4.98 Å². The summed E-state index contributed by atoms with van der Waals surface area (Å²) in [4.78, 5) is 14.4. The summed E-state index contributed by atoms with van der Waals surface area (Å²) in [6, 6.07) is 2.32. The van der Waals surface area contributed by atoms with Crippen LogP contribution in [0.2, 0.25) is 0 Å². The van der Waals surface area contributed by atoms with Gasteiger partial charge in [-0.25, -0.2) is 4.79 Å². The van der Waals surface area contributed by atoms with Crippen molar-refractivity contribution in [1.82, 2.24) is 4.98 Å². The molecule has 0 aromatic carbocycles. The topological polar surface area (TPSA) is 48.4 Å². The molecular weight excluding hydrogens is 220 g/mol. The summed E-state index contributed by atoms with van der Waals surface area (Å²) in [7, 11) is 1.39. The minimum absolute atomic E-state index is 0.107. The van der Waals surface area contributed by atoms with Crippen molar-refractivity contribution in [2.45, 2.75) is 12.8 Å². The van der Waals surface area contributed by atoms with Gasteiger partial charge in [0.15, 0.2) is 0 Å². The van der Waals surface area contributed by atoms with Crippen molar-refractivity contribution in [3.8, 4) is 5.75 Å². The molecule has 1 heterocycles. The maximum atomic E-state index is 13.4. The lowest BCUT2D eigenvalue weighted by atomic mass is 10.2. The van der Waals surface area contributed by atoms with Crippen molar-refractivity contribution < 1.29 is 23.0 Å². The second-order valence-electron chi connectivity index (χ2n) is 2.88. The SMILES string of the molecule is CCOC(=O)C(F)(F)c1ccc(OC)cn1. The molecule has 0 N–H and O–H groups in total. The molecule has 4 nitrogen and oxygen atoms in total. The third kappa shape index (κ3) is 2.44. The lowest BCUT2D eigenvalue weighted by Gasteiger charge is -2.13. The van der Waals surface area contributed by atoms with E-state index in [0.29, 0.717) is 5.75 Å². The van der Waals surface area contributed by atoms with E-state index in [1.54, 1.807) is 0 Å². The maximum Gasteiger partial charge on any atom is 0.384 e. The van der Waals surface area contributed by atoms with Crippen LogP contribution in [0.4, 0.5) is 8.78 Å². The fraction of sp³-hybridized carbons (Fsp3) is 0.400. The maximum absolute atomic E-state index is 13.4. The van der Waals surface area contributed by atoms with Gasteiger partial charge < -0.3 is 9.47 Å². The fourth-order valence-electron chi connectivity index (χ4n) is 1.01. The van der Waals surface area contributed by atoms with Crippen LogP contribution in [-0.2, 0) is 15.5 Å². The van der Waals surface area contributed by atoms with Gasteiger partial charge in [-0.05, 0) is 19.1 Å². The van der Waals surface area contributed by atoms with Crippen LogP contribution in [0.3, 0.4) is 0 Å². The van der Waals surface area contributed by atoms with Gasteiger partial charge >= 0.3 is 11.9 Å². The van der Waals surface area contributed by atoms with Gasteiger partial charge in [0.1, 0.15) is 11.4 Å². The number of nitrogens with zero attached hydrogens (tertiary/aromatic N) is 1. The van der Waals surface area contributed by atoms with Gasteiger partial charge in [0, 0.05) is 0 Å². The molecule has 0 atom stereocenters. The summed E-state index contributed by atoms with van der Waals surface area (Å²) in [5.41, 5.74) is -0.660. The van der Waals surface area contributed by atoms with Crippen LogP contribution in [0.5, 0.6) is 5.75 Å². The molecule has 0 radical (unpaired) electrons. The Hall–Kier alpha value is -1.72. The van der Waals surface area contributed by atoms with Crippen LogP contribution in [0.1, 0.15) is 12.6 Å². The average molecular weight is 231 g/mol.